The summed E-state index contributed by atoms with van der Waals surface area (Å²) in [6.07, 6.45) is 1.59. The van der Waals surface area contributed by atoms with Crippen molar-refractivity contribution in [2.75, 3.05) is 37.6 Å². The average Bonchev–Trinajstić information content (AvgIpc) is 2.98. The van der Waals surface area contributed by atoms with Crippen LogP contribution in [0.25, 0.3) is 0 Å². The summed E-state index contributed by atoms with van der Waals surface area (Å²) in [6.45, 7) is 5.55. The third kappa shape index (κ3) is 4.07. The number of nitrogens with zero attached hydrogens (tertiary/aromatic N) is 4. The van der Waals surface area contributed by atoms with E-state index in [2.05, 4.69) is 15.2 Å². The molecule has 0 radical (unpaired) electrons. The van der Waals surface area contributed by atoms with Gasteiger partial charge in [-0.3, -0.25) is 14.5 Å². The maximum absolute atomic E-state index is 13.1. The zero-order valence-electron chi connectivity index (χ0n) is 17.5. The van der Waals surface area contributed by atoms with Crippen LogP contribution in [0.4, 0.5) is 10.6 Å². The van der Waals surface area contributed by atoms with Crippen LogP contribution in [-0.4, -0.2) is 65.4 Å². The summed E-state index contributed by atoms with van der Waals surface area (Å²) in [6, 6.07) is 10.5. The number of aryl methyl sites for hydroxylation is 1. The second kappa shape index (κ2) is 8.19. The van der Waals surface area contributed by atoms with Crippen LogP contribution >= 0.6 is 11.6 Å². The van der Waals surface area contributed by atoms with E-state index in [-0.39, 0.29) is 12.5 Å². The second-order valence-corrected chi connectivity index (χ2v) is 8.45. The monoisotopic (exact) mass is 441 g/mol. The number of nitrogens with one attached hydrogen (secondary N) is 1. The van der Waals surface area contributed by atoms with E-state index in [1.165, 1.54) is 0 Å². The predicted molar refractivity (Wildman–Crippen MR) is 117 cm³/mol. The first-order valence-electron chi connectivity index (χ1n) is 10.1. The van der Waals surface area contributed by atoms with Gasteiger partial charge in [0.2, 0.25) is 5.91 Å². The SMILES string of the molecule is Cc1ccc(C2(C)NC(=O)N(CC(=O)N3CCN(c4ccc(Cl)cn4)CC3)C2=O)cc1. The fraction of sp³-hybridized carbons (Fsp3) is 0.364. The van der Waals surface area contributed by atoms with Gasteiger partial charge in [0.05, 0.1) is 5.02 Å². The number of carbonyl (C=O) groups is 3. The van der Waals surface area contributed by atoms with Crippen molar-refractivity contribution in [3.05, 3.63) is 58.7 Å². The van der Waals surface area contributed by atoms with Crippen LogP contribution in [0.2, 0.25) is 5.02 Å². The van der Waals surface area contributed by atoms with Gasteiger partial charge in [0.1, 0.15) is 17.9 Å². The number of halogens is 1. The van der Waals surface area contributed by atoms with E-state index in [9.17, 15) is 14.4 Å². The molecular formula is C22H24ClN5O3. The van der Waals surface area contributed by atoms with Crippen molar-refractivity contribution in [1.29, 1.82) is 0 Å². The number of hydrogen-bond acceptors (Lipinski definition) is 5. The average molecular weight is 442 g/mol. The van der Waals surface area contributed by atoms with Crippen molar-refractivity contribution in [1.82, 2.24) is 20.1 Å². The zero-order chi connectivity index (χ0) is 22.2. The van der Waals surface area contributed by atoms with E-state index >= 15 is 0 Å². The lowest BCUT2D eigenvalue weighted by molar-refractivity contribution is -0.139. The molecule has 8 nitrogen and oxygen atoms in total. The summed E-state index contributed by atoms with van der Waals surface area (Å²) in [4.78, 5) is 47.5. The number of piperazine rings is 1. The summed E-state index contributed by atoms with van der Waals surface area (Å²) in [5.41, 5.74) is 0.573. The summed E-state index contributed by atoms with van der Waals surface area (Å²) in [5, 5.41) is 3.32. The second-order valence-electron chi connectivity index (χ2n) is 8.01. The summed E-state index contributed by atoms with van der Waals surface area (Å²) < 4.78 is 0. The fourth-order valence-electron chi connectivity index (χ4n) is 3.90. The molecule has 0 bridgehead atoms. The van der Waals surface area contributed by atoms with Gasteiger partial charge >= 0.3 is 6.03 Å². The fourth-order valence-corrected chi connectivity index (χ4v) is 4.01. The Balaban J connectivity index is 1.38. The number of benzene rings is 1. The Bertz CT molecular complexity index is 1000. The van der Waals surface area contributed by atoms with Gasteiger partial charge in [-0.05, 0) is 31.5 Å². The topological polar surface area (TPSA) is 85.8 Å². The molecule has 0 spiro atoms. The van der Waals surface area contributed by atoms with E-state index in [0.29, 0.717) is 36.8 Å². The first-order valence-corrected chi connectivity index (χ1v) is 10.5. The molecule has 2 aromatic rings. The molecule has 1 aromatic carbocycles. The molecule has 9 heteroatoms. The number of anilines is 1. The van der Waals surface area contributed by atoms with Gasteiger partial charge in [-0.25, -0.2) is 9.78 Å². The Morgan fingerprint density at radius 2 is 1.77 bits per heavy atom. The van der Waals surface area contributed by atoms with Crippen LogP contribution in [0.3, 0.4) is 0 Å². The molecule has 1 aromatic heterocycles. The Labute approximate surface area is 185 Å². The van der Waals surface area contributed by atoms with E-state index in [4.69, 9.17) is 11.6 Å². The third-order valence-corrected chi connectivity index (χ3v) is 6.09. The summed E-state index contributed by atoms with van der Waals surface area (Å²) in [7, 11) is 0. The van der Waals surface area contributed by atoms with Crippen molar-refractivity contribution in [3.63, 3.8) is 0 Å². The minimum Gasteiger partial charge on any atom is -0.353 e. The lowest BCUT2D eigenvalue weighted by Crippen LogP contribution is -2.52. The number of carbonyl (C=O) groups excluding carboxylic acids is 3. The quantitative estimate of drug-likeness (QED) is 0.735. The molecule has 31 heavy (non-hydrogen) atoms. The van der Waals surface area contributed by atoms with Gasteiger partial charge in [-0.2, -0.15) is 0 Å². The van der Waals surface area contributed by atoms with Gasteiger partial charge in [0, 0.05) is 32.4 Å². The molecule has 1 unspecified atom stereocenters. The highest BCUT2D eigenvalue weighted by atomic mass is 35.5. The highest BCUT2D eigenvalue weighted by Gasteiger charge is 2.49. The predicted octanol–water partition coefficient (Wildman–Crippen LogP) is 2.16. The minimum absolute atomic E-state index is 0.250. The largest absolute Gasteiger partial charge is 0.353 e. The summed E-state index contributed by atoms with van der Waals surface area (Å²) >= 11 is 5.89. The molecule has 0 aliphatic carbocycles. The van der Waals surface area contributed by atoms with Gasteiger partial charge in [0.15, 0.2) is 0 Å². The summed E-state index contributed by atoms with van der Waals surface area (Å²) in [5.74, 6) is 0.138. The molecule has 162 valence electrons. The first-order chi connectivity index (χ1) is 14.8. The molecule has 4 rings (SSSR count). The Kier molecular flexibility index (Phi) is 5.58. The van der Waals surface area contributed by atoms with E-state index in [1.54, 1.807) is 24.1 Å². The van der Waals surface area contributed by atoms with Crippen molar-refractivity contribution in [2.45, 2.75) is 19.4 Å². The smallest absolute Gasteiger partial charge is 0.325 e. The van der Waals surface area contributed by atoms with Gasteiger partial charge in [-0.1, -0.05) is 41.4 Å². The maximum atomic E-state index is 13.1. The number of amides is 4. The normalized spacial score (nSPS) is 21.5. The van der Waals surface area contributed by atoms with E-state index in [1.807, 2.05) is 37.3 Å². The maximum Gasteiger partial charge on any atom is 0.325 e. The van der Waals surface area contributed by atoms with Crippen LogP contribution in [0.5, 0.6) is 0 Å². The molecule has 2 fully saturated rings. The number of aromatic nitrogens is 1. The van der Waals surface area contributed by atoms with Crippen molar-refractivity contribution in [3.8, 4) is 0 Å². The molecule has 1 N–H and O–H groups in total. The van der Waals surface area contributed by atoms with Gasteiger partial charge in [-0.15, -0.1) is 0 Å². The van der Waals surface area contributed by atoms with Crippen LogP contribution in [0.1, 0.15) is 18.1 Å². The van der Waals surface area contributed by atoms with Gasteiger partial charge in [0.25, 0.3) is 5.91 Å². The van der Waals surface area contributed by atoms with E-state index in [0.717, 1.165) is 16.3 Å². The highest BCUT2D eigenvalue weighted by molar-refractivity contribution is 6.30. The molecular weight excluding hydrogens is 418 g/mol. The van der Waals surface area contributed by atoms with E-state index < -0.39 is 17.5 Å². The van der Waals surface area contributed by atoms with Crippen molar-refractivity contribution in [2.24, 2.45) is 0 Å². The molecule has 2 aliphatic heterocycles. The highest BCUT2D eigenvalue weighted by Crippen LogP contribution is 2.29. The number of urea groups is 1. The minimum atomic E-state index is -1.18. The number of pyridine rings is 1. The molecule has 3 heterocycles. The van der Waals surface area contributed by atoms with Crippen LogP contribution in [0.15, 0.2) is 42.6 Å². The molecule has 2 aliphatic rings. The lowest BCUT2D eigenvalue weighted by Gasteiger charge is -2.35. The van der Waals surface area contributed by atoms with Crippen LogP contribution in [-0.2, 0) is 15.1 Å². The number of hydrogen-bond donors (Lipinski definition) is 1. The van der Waals surface area contributed by atoms with Gasteiger partial charge < -0.3 is 15.1 Å². The molecule has 2 saturated heterocycles. The first kappa shape index (κ1) is 21.1. The molecule has 4 amide bonds. The standard InChI is InChI=1S/C22H24ClN5O3/c1-15-3-5-16(6-4-15)22(2)20(30)28(21(31)25-22)14-19(29)27-11-9-26(10-12-27)18-8-7-17(23)13-24-18/h3-8,13H,9-12,14H2,1-2H3,(H,25,31). The lowest BCUT2D eigenvalue weighted by atomic mass is 9.91. The zero-order valence-corrected chi connectivity index (χ0v) is 18.2. The van der Waals surface area contributed by atoms with Crippen LogP contribution in [0, 0.1) is 6.92 Å². The van der Waals surface area contributed by atoms with Crippen molar-refractivity contribution < 1.29 is 14.4 Å². The number of rotatable bonds is 4. The van der Waals surface area contributed by atoms with Crippen LogP contribution < -0.4 is 10.2 Å². The Hall–Kier alpha value is -3.13. The number of imide groups is 1. The molecule has 0 saturated carbocycles. The Morgan fingerprint density at radius 1 is 1.10 bits per heavy atom. The molecule has 1 atom stereocenters. The Morgan fingerprint density at radius 3 is 2.39 bits per heavy atom. The third-order valence-electron chi connectivity index (χ3n) is 5.87. The van der Waals surface area contributed by atoms with Crippen molar-refractivity contribution >= 4 is 35.3 Å².